The summed E-state index contributed by atoms with van der Waals surface area (Å²) in [6.45, 7) is 4.51. The zero-order valence-electron chi connectivity index (χ0n) is 13.1. The second-order valence-electron chi connectivity index (χ2n) is 6.43. The van der Waals surface area contributed by atoms with E-state index in [0.29, 0.717) is 0 Å². The van der Waals surface area contributed by atoms with Gasteiger partial charge < -0.3 is 5.32 Å². The zero-order valence-corrected chi connectivity index (χ0v) is 13.1. The van der Waals surface area contributed by atoms with Crippen LogP contribution in [0.15, 0.2) is 24.5 Å². The van der Waals surface area contributed by atoms with Crippen LogP contribution < -0.4 is 5.32 Å². The minimum Gasteiger partial charge on any atom is -0.323 e. The molecule has 3 amide bonds. The molecule has 2 fully saturated rings. The first-order valence-corrected chi connectivity index (χ1v) is 7.72. The molecule has 0 saturated carbocycles. The predicted molar refractivity (Wildman–Crippen MR) is 81.9 cm³/mol. The number of urea groups is 1. The fraction of sp³-hybridized carbons (Fsp3) is 0.562. The van der Waals surface area contributed by atoms with Crippen LogP contribution in [0.4, 0.5) is 4.79 Å². The van der Waals surface area contributed by atoms with Crippen LogP contribution in [-0.2, 0) is 11.3 Å². The molecule has 2 aliphatic heterocycles. The van der Waals surface area contributed by atoms with Crippen LogP contribution >= 0.6 is 0 Å². The highest BCUT2D eigenvalue weighted by Crippen LogP contribution is 2.32. The molecule has 3 rings (SSSR count). The molecule has 2 aliphatic rings. The van der Waals surface area contributed by atoms with E-state index in [1.54, 1.807) is 13.2 Å². The maximum Gasteiger partial charge on any atom is 0.324 e. The maximum absolute atomic E-state index is 12.4. The topological polar surface area (TPSA) is 65.5 Å². The van der Waals surface area contributed by atoms with Crippen molar-refractivity contribution in [3.05, 3.63) is 30.1 Å². The summed E-state index contributed by atoms with van der Waals surface area (Å²) in [4.78, 5) is 31.9. The number of piperidine rings is 1. The van der Waals surface area contributed by atoms with Crippen molar-refractivity contribution in [2.45, 2.75) is 31.8 Å². The van der Waals surface area contributed by atoms with Gasteiger partial charge in [0, 0.05) is 38.4 Å². The lowest BCUT2D eigenvalue weighted by atomic mass is 9.80. The Morgan fingerprint density at radius 3 is 2.91 bits per heavy atom. The van der Waals surface area contributed by atoms with Gasteiger partial charge in [0.25, 0.3) is 5.91 Å². The summed E-state index contributed by atoms with van der Waals surface area (Å²) in [5.41, 5.74) is 0.395. The molecule has 1 N–H and O–H groups in total. The van der Waals surface area contributed by atoms with Crippen molar-refractivity contribution < 1.29 is 9.59 Å². The lowest BCUT2D eigenvalue weighted by Gasteiger charge is -2.39. The predicted octanol–water partition coefficient (Wildman–Crippen LogP) is 1.23. The number of nitrogens with zero attached hydrogens (tertiary/aromatic N) is 3. The van der Waals surface area contributed by atoms with Crippen LogP contribution in [0.2, 0.25) is 0 Å². The highest BCUT2D eigenvalue weighted by Gasteiger charge is 2.51. The first-order valence-electron chi connectivity index (χ1n) is 7.72. The Balaban J connectivity index is 1.71. The van der Waals surface area contributed by atoms with Gasteiger partial charge >= 0.3 is 6.03 Å². The van der Waals surface area contributed by atoms with E-state index in [0.717, 1.165) is 32.5 Å². The van der Waals surface area contributed by atoms with E-state index in [4.69, 9.17) is 0 Å². The van der Waals surface area contributed by atoms with Gasteiger partial charge in [-0.2, -0.15) is 0 Å². The Bertz CT molecular complexity index is 577. The zero-order chi connectivity index (χ0) is 15.7. The molecule has 6 heteroatoms. The average Bonchev–Trinajstić information content (AvgIpc) is 2.73. The summed E-state index contributed by atoms with van der Waals surface area (Å²) < 4.78 is 0. The largest absolute Gasteiger partial charge is 0.324 e. The average molecular weight is 302 g/mol. The second-order valence-corrected chi connectivity index (χ2v) is 6.43. The number of pyridine rings is 1. The highest BCUT2D eigenvalue weighted by molar-refractivity contribution is 6.06. The number of carbonyl (C=O) groups is 2. The van der Waals surface area contributed by atoms with Crippen LogP contribution in [-0.4, -0.2) is 52.4 Å². The van der Waals surface area contributed by atoms with E-state index in [2.05, 4.69) is 21.3 Å². The molecule has 0 radical (unpaired) electrons. The molecule has 0 aromatic carbocycles. The fourth-order valence-electron chi connectivity index (χ4n) is 3.50. The molecule has 1 aromatic heterocycles. The van der Waals surface area contributed by atoms with Gasteiger partial charge in [-0.25, -0.2) is 4.79 Å². The Labute approximate surface area is 130 Å². The summed E-state index contributed by atoms with van der Waals surface area (Å²) >= 11 is 0. The third-order valence-electron chi connectivity index (χ3n) is 4.87. The van der Waals surface area contributed by atoms with Crippen LogP contribution in [0.1, 0.15) is 25.3 Å². The molecule has 2 unspecified atom stereocenters. The molecule has 0 aliphatic carbocycles. The number of amides is 3. The summed E-state index contributed by atoms with van der Waals surface area (Å²) in [6, 6.07) is 3.71. The Morgan fingerprint density at radius 2 is 2.27 bits per heavy atom. The van der Waals surface area contributed by atoms with Gasteiger partial charge in [-0.05, 0) is 37.9 Å². The SMILES string of the molecule is CN1C(=O)NC(C)(C2CCCN(Cc3cccnc3)C2)C1=O. The van der Waals surface area contributed by atoms with Crippen LogP contribution in [0.25, 0.3) is 0 Å². The van der Waals surface area contributed by atoms with Crippen LogP contribution in [0, 0.1) is 5.92 Å². The molecule has 118 valence electrons. The number of nitrogens with one attached hydrogen (secondary N) is 1. The Kier molecular flexibility index (Phi) is 3.87. The first-order chi connectivity index (χ1) is 10.5. The van der Waals surface area contributed by atoms with Gasteiger partial charge in [0.05, 0.1) is 0 Å². The minimum atomic E-state index is -0.778. The van der Waals surface area contributed by atoms with Crippen molar-refractivity contribution in [1.82, 2.24) is 20.1 Å². The number of aromatic nitrogens is 1. The molecule has 0 bridgehead atoms. The van der Waals surface area contributed by atoms with Gasteiger partial charge in [-0.3, -0.25) is 19.6 Å². The van der Waals surface area contributed by atoms with Crippen molar-refractivity contribution in [2.75, 3.05) is 20.1 Å². The molecule has 22 heavy (non-hydrogen) atoms. The van der Waals surface area contributed by atoms with Gasteiger partial charge in [-0.15, -0.1) is 0 Å². The van der Waals surface area contributed by atoms with Gasteiger partial charge in [0.2, 0.25) is 0 Å². The number of hydrogen-bond donors (Lipinski definition) is 1. The molecule has 2 saturated heterocycles. The summed E-state index contributed by atoms with van der Waals surface area (Å²) in [5, 5.41) is 2.88. The van der Waals surface area contributed by atoms with E-state index in [1.165, 1.54) is 10.5 Å². The number of imide groups is 1. The monoisotopic (exact) mass is 302 g/mol. The Hall–Kier alpha value is -1.95. The molecular weight excluding hydrogens is 280 g/mol. The third kappa shape index (κ3) is 2.59. The highest BCUT2D eigenvalue weighted by atomic mass is 16.2. The normalized spacial score (nSPS) is 29.7. The van der Waals surface area contributed by atoms with Crippen molar-refractivity contribution in [3.8, 4) is 0 Å². The van der Waals surface area contributed by atoms with Crippen LogP contribution in [0.5, 0.6) is 0 Å². The number of rotatable bonds is 3. The van der Waals surface area contributed by atoms with Crippen LogP contribution in [0.3, 0.4) is 0 Å². The molecule has 6 nitrogen and oxygen atoms in total. The molecule has 1 aromatic rings. The summed E-state index contributed by atoms with van der Waals surface area (Å²) in [5.74, 6) is 0.0186. The first kappa shape index (κ1) is 15.0. The van der Waals surface area contributed by atoms with E-state index in [1.807, 2.05) is 19.2 Å². The second kappa shape index (κ2) is 5.68. The lowest BCUT2D eigenvalue weighted by molar-refractivity contribution is -0.132. The van der Waals surface area contributed by atoms with Gasteiger partial charge in [0.1, 0.15) is 5.54 Å². The maximum atomic E-state index is 12.4. The van der Waals surface area contributed by atoms with Crippen molar-refractivity contribution >= 4 is 11.9 Å². The number of likely N-dealkylation sites (N-methyl/N-ethyl adjacent to an activating group) is 1. The standard InChI is InChI=1S/C16H22N4O2/c1-16(14(21)19(2)15(22)18-16)13-6-4-8-20(11-13)10-12-5-3-7-17-9-12/h3,5,7,9,13H,4,6,8,10-11H2,1-2H3,(H,18,22). The number of hydrogen-bond acceptors (Lipinski definition) is 4. The number of carbonyl (C=O) groups excluding carboxylic acids is 2. The number of likely N-dealkylation sites (tertiary alicyclic amines) is 1. The fourth-order valence-corrected chi connectivity index (χ4v) is 3.50. The molecular formula is C16H22N4O2. The molecule has 3 heterocycles. The van der Waals surface area contributed by atoms with Crippen molar-refractivity contribution in [3.63, 3.8) is 0 Å². The smallest absolute Gasteiger partial charge is 0.323 e. The van der Waals surface area contributed by atoms with E-state index in [9.17, 15) is 9.59 Å². The quantitative estimate of drug-likeness (QED) is 0.853. The molecule has 2 atom stereocenters. The molecule has 0 spiro atoms. The van der Waals surface area contributed by atoms with E-state index >= 15 is 0 Å². The van der Waals surface area contributed by atoms with Gasteiger partial charge in [-0.1, -0.05) is 6.07 Å². The Morgan fingerprint density at radius 1 is 1.45 bits per heavy atom. The van der Waals surface area contributed by atoms with Gasteiger partial charge in [0.15, 0.2) is 0 Å². The van der Waals surface area contributed by atoms with E-state index < -0.39 is 5.54 Å². The van der Waals surface area contributed by atoms with Crippen molar-refractivity contribution in [2.24, 2.45) is 5.92 Å². The summed E-state index contributed by atoms with van der Waals surface area (Å²) in [7, 11) is 1.54. The van der Waals surface area contributed by atoms with Crippen molar-refractivity contribution in [1.29, 1.82) is 0 Å². The lowest BCUT2D eigenvalue weighted by Crippen LogP contribution is -2.55. The minimum absolute atomic E-state index is 0.120. The summed E-state index contributed by atoms with van der Waals surface area (Å²) in [6.07, 6.45) is 5.64. The van der Waals surface area contributed by atoms with E-state index in [-0.39, 0.29) is 17.9 Å². The third-order valence-corrected chi connectivity index (χ3v) is 4.87.